The summed E-state index contributed by atoms with van der Waals surface area (Å²) in [6, 6.07) is 10.5. The Labute approximate surface area is 138 Å². The normalized spacial score (nSPS) is 21.0. The smallest absolute Gasteiger partial charge is 0.0349 e. The molecule has 0 radical (unpaired) electrons. The molecule has 1 fully saturated rings. The van der Waals surface area contributed by atoms with Gasteiger partial charge in [0.15, 0.2) is 0 Å². The minimum Gasteiger partial charge on any atom is -0.313 e. The summed E-state index contributed by atoms with van der Waals surface area (Å²) in [5.41, 5.74) is 1.43. The third-order valence-corrected chi connectivity index (χ3v) is 5.02. The first-order valence-electron chi connectivity index (χ1n) is 8.36. The van der Waals surface area contributed by atoms with Gasteiger partial charge in [0.25, 0.3) is 0 Å². The minimum absolute atomic E-state index is 0.506. The van der Waals surface area contributed by atoms with Crippen molar-refractivity contribution < 1.29 is 0 Å². The second-order valence-corrected chi connectivity index (χ2v) is 7.33. The van der Waals surface area contributed by atoms with Crippen LogP contribution in [0.1, 0.15) is 58.1 Å². The predicted octanol–water partition coefficient (Wildman–Crippen LogP) is 4.75. The zero-order chi connectivity index (χ0) is 15.2. The topological polar surface area (TPSA) is 15.3 Å². The molecule has 2 unspecified atom stereocenters. The van der Waals surface area contributed by atoms with Crippen LogP contribution < -0.4 is 5.32 Å². The Bertz CT molecular complexity index is 427. The van der Waals surface area contributed by atoms with E-state index in [-0.39, 0.29) is 0 Å². The summed E-state index contributed by atoms with van der Waals surface area (Å²) in [6.07, 6.45) is 5.18. The van der Waals surface area contributed by atoms with Crippen molar-refractivity contribution in [2.75, 3.05) is 13.1 Å². The molecule has 0 bridgehead atoms. The van der Waals surface area contributed by atoms with Gasteiger partial charge in [0.1, 0.15) is 0 Å². The molecule has 1 N–H and O–H groups in total. The monoisotopic (exact) mass is 352 g/mol. The van der Waals surface area contributed by atoms with Crippen molar-refractivity contribution in [3.8, 4) is 0 Å². The molecule has 1 aromatic carbocycles. The van der Waals surface area contributed by atoms with E-state index in [2.05, 4.69) is 71.2 Å². The molecule has 1 aliphatic rings. The fraction of sp³-hybridized carbons (Fsp3) is 0.667. The molecule has 118 valence electrons. The number of nitrogens with one attached hydrogen (secondary N) is 1. The van der Waals surface area contributed by atoms with E-state index in [1.54, 1.807) is 0 Å². The zero-order valence-corrected chi connectivity index (χ0v) is 15.2. The van der Waals surface area contributed by atoms with Crippen molar-refractivity contribution in [1.82, 2.24) is 10.2 Å². The van der Waals surface area contributed by atoms with E-state index in [9.17, 15) is 0 Å². The molecule has 1 aliphatic heterocycles. The number of rotatable bonds is 6. The summed E-state index contributed by atoms with van der Waals surface area (Å²) < 4.78 is 1.18. The number of benzene rings is 1. The predicted molar refractivity (Wildman–Crippen MR) is 94.7 cm³/mol. The quantitative estimate of drug-likeness (QED) is 0.794. The van der Waals surface area contributed by atoms with Gasteiger partial charge in [0, 0.05) is 29.1 Å². The highest BCUT2D eigenvalue weighted by Crippen LogP contribution is 2.29. The molecular weight excluding hydrogens is 324 g/mol. The molecule has 3 heteroatoms. The summed E-state index contributed by atoms with van der Waals surface area (Å²) in [6.45, 7) is 9.29. The Morgan fingerprint density at radius 2 is 2.14 bits per heavy atom. The molecule has 2 nitrogen and oxygen atoms in total. The minimum atomic E-state index is 0.506. The van der Waals surface area contributed by atoms with Crippen LogP contribution in [0, 0.1) is 0 Å². The maximum absolute atomic E-state index is 3.70. The average Bonchev–Trinajstić information content (AvgIpc) is 2.48. The standard InChI is InChI=1S/C18H29BrN2/c1-4-18(15-8-7-9-16(19)12-15)21(14(2)3)13-17-10-5-6-11-20-17/h7-9,12,14,17-18,20H,4-6,10-11,13H2,1-3H3. The van der Waals surface area contributed by atoms with E-state index >= 15 is 0 Å². The highest BCUT2D eigenvalue weighted by molar-refractivity contribution is 9.10. The first kappa shape index (κ1) is 17.0. The number of piperidine rings is 1. The summed E-state index contributed by atoms with van der Waals surface area (Å²) in [5, 5.41) is 3.70. The first-order valence-corrected chi connectivity index (χ1v) is 9.15. The van der Waals surface area contributed by atoms with Gasteiger partial charge in [-0.05, 0) is 57.4 Å². The fourth-order valence-corrected chi connectivity index (χ4v) is 3.82. The Kier molecular flexibility index (Phi) is 6.72. The third-order valence-electron chi connectivity index (χ3n) is 4.53. The molecule has 1 saturated heterocycles. The van der Waals surface area contributed by atoms with Crippen LogP contribution in [-0.4, -0.2) is 30.1 Å². The molecule has 0 saturated carbocycles. The van der Waals surface area contributed by atoms with Crippen LogP contribution in [0.3, 0.4) is 0 Å². The number of halogens is 1. The molecule has 2 atom stereocenters. The van der Waals surface area contributed by atoms with Crippen molar-refractivity contribution in [2.24, 2.45) is 0 Å². The molecule has 21 heavy (non-hydrogen) atoms. The molecule has 0 aromatic heterocycles. The van der Waals surface area contributed by atoms with Crippen LogP contribution in [-0.2, 0) is 0 Å². The summed E-state index contributed by atoms with van der Waals surface area (Å²) >= 11 is 3.61. The summed E-state index contributed by atoms with van der Waals surface area (Å²) in [7, 11) is 0. The molecule has 0 aliphatic carbocycles. The van der Waals surface area contributed by atoms with E-state index < -0.39 is 0 Å². The number of hydrogen-bond acceptors (Lipinski definition) is 2. The van der Waals surface area contributed by atoms with E-state index in [1.807, 2.05) is 0 Å². The van der Waals surface area contributed by atoms with E-state index in [4.69, 9.17) is 0 Å². The number of nitrogens with zero attached hydrogens (tertiary/aromatic N) is 1. The van der Waals surface area contributed by atoms with E-state index in [0.717, 1.165) is 13.0 Å². The van der Waals surface area contributed by atoms with Gasteiger partial charge < -0.3 is 5.32 Å². The molecule has 0 amide bonds. The van der Waals surface area contributed by atoms with Crippen molar-refractivity contribution >= 4 is 15.9 Å². The van der Waals surface area contributed by atoms with Gasteiger partial charge >= 0.3 is 0 Å². The van der Waals surface area contributed by atoms with Gasteiger partial charge in [-0.25, -0.2) is 0 Å². The lowest BCUT2D eigenvalue weighted by Gasteiger charge is -2.38. The Morgan fingerprint density at radius 1 is 1.33 bits per heavy atom. The molecule has 0 spiro atoms. The lowest BCUT2D eigenvalue weighted by molar-refractivity contribution is 0.124. The lowest BCUT2D eigenvalue weighted by atomic mass is 9.98. The van der Waals surface area contributed by atoms with E-state index in [1.165, 1.54) is 35.8 Å². The Morgan fingerprint density at radius 3 is 2.71 bits per heavy atom. The third kappa shape index (κ3) is 4.80. The van der Waals surface area contributed by atoms with Crippen LogP contribution in [0.15, 0.2) is 28.7 Å². The molecule has 2 rings (SSSR count). The maximum Gasteiger partial charge on any atom is 0.0349 e. The van der Waals surface area contributed by atoms with Crippen molar-refractivity contribution in [3.63, 3.8) is 0 Å². The lowest BCUT2D eigenvalue weighted by Crippen LogP contribution is -2.47. The van der Waals surface area contributed by atoms with Gasteiger partial charge in [-0.15, -0.1) is 0 Å². The molecular formula is C18H29BrN2. The second-order valence-electron chi connectivity index (χ2n) is 6.42. The fourth-order valence-electron chi connectivity index (χ4n) is 3.41. The van der Waals surface area contributed by atoms with E-state index in [0.29, 0.717) is 18.1 Å². The van der Waals surface area contributed by atoms with Crippen LogP contribution >= 0.6 is 15.9 Å². The van der Waals surface area contributed by atoms with Gasteiger partial charge in [-0.2, -0.15) is 0 Å². The van der Waals surface area contributed by atoms with Crippen molar-refractivity contribution in [3.05, 3.63) is 34.3 Å². The largest absolute Gasteiger partial charge is 0.313 e. The van der Waals surface area contributed by atoms with Crippen molar-refractivity contribution in [1.29, 1.82) is 0 Å². The summed E-state index contributed by atoms with van der Waals surface area (Å²) in [5.74, 6) is 0. The van der Waals surface area contributed by atoms with Gasteiger partial charge in [-0.3, -0.25) is 4.90 Å². The highest BCUT2D eigenvalue weighted by atomic mass is 79.9. The molecule has 1 heterocycles. The van der Waals surface area contributed by atoms with Gasteiger partial charge in [0.2, 0.25) is 0 Å². The number of hydrogen-bond donors (Lipinski definition) is 1. The molecule has 1 aromatic rings. The van der Waals surface area contributed by atoms with Crippen LogP contribution in [0.25, 0.3) is 0 Å². The average molecular weight is 353 g/mol. The Hall–Kier alpha value is -0.380. The van der Waals surface area contributed by atoms with Gasteiger partial charge in [0.05, 0.1) is 0 Å². The summed E-state index contributed by atoms with van der Waals surface area (Å²) in [4.78, 5) is 2.67. The second kappa shape index (κ2) is 8.30. The zero-order valence-electron chi connectivity index (χ0n) is 13.6. The van der Waals surface area contributed by atoms with Crippen molar-refractivity contribution in [2.45, 2.75) is 64.6 Å². The van der Waals surface area contributed by atoms with Crippen LogP contribution in [0.5, 0.6) is 0 Å². The maximum atomic E-state index is 3.70. The van der Waals surface area contributed by atoms with Gasteiger partial charge in [-0.1, -0.05) is 41.4 Å². The van der Waals surface area contributed by atoms with Crippen LogP contribution in [0.2, 0.25) is 0 Å². The SMILES string of the molecule is CCC(c1cccc(Br)c1)N(CC1CCCCN1)C(C)C. The Balaban J connectivity index is 2.13. The highest BCUT2D eigenvalue weighted by Gasteiger charge is 2.25. The van der Waals surface area contributed by atoms with Crippen LogP contribution in [0.4, 0.5) is 0 Å². The first-order chi connectivity index (χ1) is 10.1.